The molecule has 0 spiro atoms. The largest absolute Gasteiger partial charge is 0.548 e. The first-order valence-corrected chi connectivity index (χ1v) is 7.48. The summed E-state index contributed by atoms with van der Waals surface area (Å²) in [6, 6.07) is 1.89. The number of benzene rings is 1. The molecule has 2 rings (SSSR count). The first kappa shape index (κ1) is 15.8. The van der Waals surface area contributed by atoms with E-state index in [1.165, 1.54) is 0 Å². The Morgan fingerprint density at radius 2 is 2.00 bits per heavy atom. The molecular formula is C12H11F3NO4S-. The molecule has 1 unspecified atom stereocenters. The number of aliphatic carboxylic acids is 1. The number of carbonyl (C=O) groups is 1. The third-order valence-electron chi connectivity index (χ3n) is 3.24. The second-order valence-electron chi connectivity index (χ2n) is 4.62. The van der Waals surface area contributed by atoms with Crippen LogP contribution in [0.3, 0.4) is 0 Å². The van der Waals surface area contributed by atoms with Crippen molar-refractivity contribution >= 4 is 16.0 Å². The number of halogens is 3. The predicted molar refractivity (Wildman–Crippen MR) is 63.4 cm³/mol. The SMILES string of the molecule is O=C([O-])C1CCCN1S(=O)(=O)c1cccc(C(F)(F)F)c1. The quantitative estimate of drug-likeness (QED) is 0.817. The van der Waals surface area contributed by atoms with Crippen LogP contribution in [0.15, 0.2) is 29.2 Å². The summed E-state index contributed by atoms with van der Waals surface area (Å²) in [7, 11) is -4.30. The summed E-state index contributed by atoms with van der Waals surface area (Å²) in [6.07, 6.45) is -4.28. The van der Waals surface area contributed by atoms with E-state index in [4.69, 9.17) is 0 Å². The van der Waals surface area contributed by atoms with Crippen molar-refractivity contribution in [3.05, 3.63) is 29.8 Å². The Hall–Kier alpha value is -1.61. The van der Waals surface area contributed by atoms with E-state index in [9.17, 15) is 31.5 Å². The molecule has 5 nitrogen and oxygen atoms in total. The smallest absolute Gasteiger partial charge is 0.416 e. The molecule has 0 amide bonds. The number of carboxylic acid groups (broad SMARTS) is 1. The maximum Gasteiger partial charge on any atom is 0.416 e. The van der Waals surface area contributed by atoms with E-state index in [0.29, 0.717) is 16.8 Å². The fourth-order valence-electron chi connectivity index (χ4n) is 2.23. The molecule has 1 heterocycles. The van der Waals surface area contributed by atoms with Crippen molar-refractivity contribution in [3.63, 3.8) is 0 Å². The van der Waals surface area contributed by atoms with E-state index in [0.717, 1.165) is 18.2 Å². The summed E-state index contributed by atoms with van der Waals surface area (Å²) in [5.41, 5.74) is -1.10. The maximum atomic E-state index is 12.6. The first-order valence-electron chi connectivity index (χ1n) is 6.04. The van der Waals surface area contributed by atoms with Crippen LogP contribution in [0.1, 0.15) is 18.4 Å². The summed E-state index contributed by atoms with van der Waals surface area (Å²) in [4.78, 5) is 10.3. The number of hydrogen-bond acceptors (Lipinski definition) is 4. The third-order valence-corrected chi connectivity index (χ3v) is 5.15. The van der Waals surface area contributed by atoms with Gasteiger partial charge in [-0.3, -0.25) is 0 Å². The van der Waals surface area contributed by atoms with E-state index >= 15 is 0 Å². The molecule has 0 aromatic heterocycles. The van der Waals surface area contributed by atoms with Gasteiger partial charge in [0.05, 0.1) is 22.5 Å². The Labute approximate surface area is 119 Å². The Morgan fingerprint density at radius 3 is 2.57 bits per heavy atom. The van der Waals surface area contributed by atoms with Crippen LogP contribution in [-0.2, 0) is 21.0 Å². The van der Waals surface area contributed by atoms with E-state index in [-0.39, 0.29) is 13.0 Å². The minimum absolute atomic E-state index is 0.0583. The second-order valence-corrected chi connectivity index (χ2v) is 6.51. The number of rotatable bonds is 3. The van der Waals surface area contributed by atoms with Crippen molar-refractivity contribution in [2.45, 2.75) is 30.0 Å². The fraction of sp³-hybridized carbons (Fsp3) is 0.417. The van der Waals surface area contributed by atoms with Crippen molar-refractivity contribution < 1.29 is 31.5 Å². The molecule has 0 bridgehead atoms. The van der Waals surface area contributed by atoms with Gasteiger partial charge in [-0.1, -0.05) is 6.07 Å². The molecule has 1 aliphatic rings. The second kappa shape index (κ2) is 5.30. The molecule has 0 aliphatic carbocycles. The van der Waals surface area contributed by atoms with Crippen molar-refractivity contribution in [3.8, 4) is 0 Å². The monoisotopic (exact) mass is 322 g/mol. The van der Waals surface area contributed by atoms with Crippen LogP contribution >= 0.6 is 0 Å². The Kier molecular flexibility index (Phi) is 3.98. The third kappa shape index (κ3) is 3.03. The van der Waals surface area contributed by atoms with Gasteiger partial charge in [0.2, 0.25) is 10.0 Å². The Morgan fingerprint density at radius 1 is 1.33 bits per heavy atom. The van der Waals surface area contributed by atoms with Crippen LogP contribution in [0.5, 0.6) is 0 Å². The maximum absolute atomic E-state index is 12.6. The standard InChI is InChI=1S/C12H12F3NO4S/c13-12(14,15)8-3-1-4-9(7-8)21(19,20)16-6-2-5-10(16)11(17)18/h1,3-4,7,10H,2,5-6H2,(H,17,18)/p-1. The molecule has 21 heavy (non-hydrogen) atoms. The normalized spacial score (nSPS) is 20.6. The molecule has 1 fully saturated rings. The van der Waals surface area contributed by atoms with Gasteiger partial charge < -0.3 is 9.90 Å². The Balaban J connectivity index is 2.43. The zero-order valence-electron chi connectivity index (χ0n) is 10.6. The van der Waals surface area contributed by atoms with Crippen LogP contribution in [0.4, 0.5) is 13.2 Å². The van der Waals surface area contributed by atoms with Gasteiger partial charge in [-0.05, 0) is 31.0 Å². The Bertz CT molecular complexity index is 657. The summed E-state index contributed by atoms with van der Waals surface area (Å²) >= 11 is 0. The zero-order valence-corrected chi connectivity index (χ0v) is 11.4. The van der Waals surface area contributed by atoms with Crippen LogP contribution in [-0.4, -0.2) is 31.3 Å². The van der Waals surface area contributed by atoms with Crippen LogP contribution in [0, 0.1) is 0 Å². The van der Waals surface area contributed by atoms with Gasteiger partial charge in [0.1, 0.15) is 0 Å². The van der Waals surface area contributed by atoms with Crippen LogP contribution in [0.25, 0.3) is 0 Å². The predicted octanol–water partition coefficient (Wildman–Crippen LogP) is 0.608. The van der Waals surface area contributed by atoms with Gasteiger partial charge in [-0.15, -0.1) is 0 Å². The van der Waals surface area contributed by atoms with E-state index in [1.807, 2.05) is 0 Å². The molecule has 1 aromatic rings. The number of carboxylic acids is 1. The van der Waals surface area contributed by atoms with Gasteiger partial charge in [0, 0.05) is 6.54 Å². The van der Waals surface area contributed by atoms with E-state index < -0.39 is 38.7 Å². The first-order chi connectivity index (χ1) is 9.64. The molecular weight excluding hydrogens is 311 g/mol. The number of hydrogen-bond donors (Lipinski definition) is 0. The molecule has 0 radical (unpaired) electrons. The molecule has 1 saturated heterocycles. The highest BCUT2D eigenvalue weighted by molar-refractivity contribution is 7.89. The van der Waals surface area contributed by atoms with Crippen molar-refractivity contribution in [2.75, 3.05) is 6.54 Å². The van der Waals surface area contributed by atoms with Crippen LogP contribution in [0.2, 0.25) is 0 Å². The molecule has 116 valence electrons. The molecule has 1 aliphatic heterocycles. The van der Waals surface area contributed by atoms with E-state index in [1.54, 1.807) is 0 Å². The van der Waals surface area contributed by atoms with Gasteiger partial charge >= 0.3 is 6.18 Å². The number of carbonyl (C=O) groups excluding carboxylic acids is 1. The number of alkyl halides is 3. The molecule has 1 atom stereocenters. The fourth-order valence-corrected chi connectivity index (χ4v) is 3.92. The van der Waals surface area contributed by atoms with Gasteiger partial charge in [0.25, 0.3) is 0 Å². The minimum Gasteiger partial charge on any atom is -0.548 e. The summed E-state index contributed by atoms with van der Waals surface area (Å²) in [5, 5.41) is 10.9. The van der Waals surface area contributed by atoms with Crippen molar-refractivity contribution in [2.24, 2.45) is 0 Å². The lowest BCUT2D eigenvalue weighted by atomic mass is 10.2. The molecule has 0 saturated carbocycles. The van der Waals surface area contributed by atoms with Gasteiger partial charge in [-0.25, -0.2) is 8.42 Å². The highest BCUT2D eigenvalue weighted by atomic mass is 32.2. The summed E-state index contributed by atoms with van der Waals surface area (Å²) in [5.74, 6) is -1.55. The summed E-state index contributed by atoms with van der Waals surface area (Å²) in [6.45, 7) is -0.0583. The molecule has 9 heteroatoms. The topological polar surface area (TPSA) is 77.5 Å². The lowest BCUT2D eigenvalue weighted by Crippen LogP contribution is -2.46. The minimum atomic E-state index is -4.68. The number of sulfonamides is 1. The highest BCUT2D eigenvalue weighted by Gasteiger charge is 2.37. The highest BCUT2D eigenvalue weighted by Crippen LogP contribution is 2.32. The average Bonchev–Trinajstić information content (AvgIpc) is 2.88. The average molecular weight is 322 g/mol. The summed E-state index contributed by atoms with van der Waals surface area (Å²) < 4.78 is 63.1. The number of nitrogens with zero attached hydrogens (tertiary/aromatic N) is 1. The zero-order chi connectivity index (χ0) is 15.8. The lowest BCUT2D eigenvalue weighted by molar-refractivity contribution is -0.309. The van der Waals surface area contributed by atoms with Crippen molar-refractivity contribution in [1.29, 1.82) is 0 Å². The lowest BCUT2D eigenvalue weighted by Gasteiger charge is -2.24. The molecule has 0 N–H and O–H groups in total. The van der Waals surface area contributed by atoms with Crippen LogP contribution < -0.4 is 5.11 Å². The molecule has 1 aromatic carbocycles. The van der Waals surface area contributed by atoms with Crippen molar-refractivity contribution in [1.82, 2.24) is 4.31 Å². The van der Waals surface area contributed by atoms with Gasteiger partial charge in [-0.2, -0.15) is 17.5 Å². The van der Waals surface area contributed by atoms with Gasteiger partial charge in [0.15, 0.2) is 0 Å². The van der Waals surface area contributed by atoms with E-state index in [2.05, 4.69) is 0 Å².